The molecule has 0 saturated carbocycles. The van der Waals surface area contributed by atoms with Crippen molar-refractivity contribution in [2.45, 2.75) is 39.3 Å². The Morgan fingerprint density at radius 2 is 2.24 bits per heavy atom. The van der Waals surface area contributed by atoms with Crippen molar-refractivity contribution in [3.63, 3.8) is 0 Å². The van der Waals surface area contributed by atoms with Crippen molar-refractivity contribution in [1.82, 2.24) is 5.32 Å². The SMILES string of the molecule is CC(C)NCc1cc(Br)ccc1N(C)CC1CCCOC1. The topological polar surface area (TPSA) is 24.5 Å². The zero-order chi connectivity index (χ0) is 15.2. The fourth-order valence-electron chi connectivity index (χ4n) is 2.82. The molecule has 118 valence electrons. The molecule has 1 unspecified atom stereocenters. The zero-order valence-corrected chi connectivity index (χ0v) is 14.9. The second-order valence-corrected chi connectivity index (χ2v) is 7.19. The molecule has 0 amide bonds. The molecule has 0 bridgehead atoms. The predicted octanol–water partition coefficient (Wildman–Crippen LogP) is 3.81. The summed E-state index contributed by atoms with van der Waals surface area (Å²) >= 11 is 3.58. The minimum Gasteiger partial charge on any atom is -0.381 e. The molecular weight excluding hydrogens is 328 g/mol. The van der Waals surface area contributed by atoms with Gasteiger partial charge in [0.2, 0.25) is 0 Å². The smallest absolute Gasteiger partial charge is 0.0511 e. The van der Waals surface area contributed by atoms with Crippen LogP contribution in [0.5, 0.6) is 0 Å². The van der Waals surface area contributed by atoms with E-state index < -0.39 is 0 Å². The van der Waals surface area contributed by atoms with Crippen LogP contribution in [-0.4, -0.2) is 32.8 Å². The van der Waals surface area contributed by atoms with E-state index in [-0.39, 0.29) is 0 Å². The lowest BCUT2D eigenvalue weighted by molar-refractivity contribution is 0.0576. The molecule has 1 aliphatic rings. The Morgan fingerprint density at radius 1 is 1.43 bits per heavy atom. The van der Waals surface area contributed by atoms with Gasteiger partial charge in [-0.15, -0.1) is 0 Å². The number of rotatable bonds is 6. The Hall–Kier alpha value is -0.580. The van der Waals surface area contributed by atoms with E-state index in [1.165, 1.54) is 24.1 Å². The zero-order valence-electron chi connectivity index (χ0n) is 13.4. The molecule has 4 heteroatoms. The number of nitrogens with zero attached hydrogens (tertiary/aromatic N) is 1. The highest BCUT2D eigenvalue weighted by Gasteiger charge is 2.17. The lowest BCUT2D eigenvalue weighted by Gasteiger charge is -2.30. The monoisotopic (exact) mass is 354 g/mol. The summed E-state index contributed by atoms with van der Waals surface area (Å²) in [4.78, 5) is 2.38. The highest BCUT2D eigenvalue weighted by Crippen LogP contribution is 2.26. The molecule has 1 heterocycles. The summed E-state index contributed by atoms with van der Waals surface area (Å²) < 4.78 is 6.74. The summed E-state index contributed by atoms with van der Waals surface area (Å²) in [5, 5.41) is 3.52. The lowest BCUT2D eigenvalue weighted by atomic mass is 10.0. The maximum atomic E-state index is 5.60. The van der Waals surface area contributed by atoms with Gasteiger partial charge in [-0.1, -0.05) is 29.8 Å². The van der Waals surface area contributed by atoms with Gasteiger partial charge in [0.1, 0.15) is 0 Å². The first kappa shape index (κ1) is 16.8. The van der Waals surface area contributed by atoms with Gasteiger partial charge in [-0.3, -0.25) is 0 Å². The first-order chi connectivity index (χ1) is 10.1. The van der Waals surface area contributed by atoms with E-state index in [0.717, 1.165) is 30.8 Å². The van der Waals surface area contributed by atoms with Crippen molar-refractivity contribution in [2.75, 3.05) is 31.7 Å². The minimum absolute atomic E-state index is 0.494. The number of ether oxygens (including phenoxy) is 1. The van der Waals surface area contributed by atoms with Crippen LogP contribution in [0.15, 0.2) is 22.7 Å². The number of halogens is 1. The summed E-state index contributed by atoms with van der Waals surface area (Å²) in [5.74, 6) is 0.651. The molecule has 1 aromatic carbocycles. The van der Waals surface area contributed by atoms with Crippen LogP contribution in [0.1, 0.15) is 32.3 Å². The molecule has 2 rings (SSSR count). The fraction of sp³-hybridized carbons (Fsp3) is 0.647. The summed E-state index contributed by atoms with van der Waals surface area (Å²) in [7, 11) is 2.19. The Kier molecular flexibility index (Phi) is 6.52. The molecule has 0 aliphatic carbocycles. The summed E-state index contributed by atoms with van der Waals surface area (Å²) in [6.45, 7) is 8.16. The van der Waals surface area contributed by atoms with E-state index in [0.29, 0.717) is 12.0 Å². The van der Waals surface area contributed by atoms with Crippen LogP contribution in [0.25, 0.3) is 0 Å². The molecule has 0 spiro atoms. The predicted molar refractivity (Wildman–Crippen MR) is 92.9 cm³/mol. The molecule has 21 heavy (non-hydrogen) atoms. The maximum Gasteiger partial charge on any atom is 0.0511 e. The van der Waals surface area contributed by atoms with E-state index >= 15 is 0 Å². The third kappa shape index (κ3) is 5.28. The average Bonchev–Trinajstić information content (AvgIpc) is 2.46. The second-order valence-electron chi connectivity index (χ2n) is 6.27. The highest BCUT2D eigenvalue weighted by molar-refractivity contribution is 9.10. The van der Waals surface area contributed by atoms with E-state index in [1.807, 2.05) is 0 Å². The third-order valence-corrected chi connectivity index (χ3v) is 4.43. The highest BCUT2D eigenvalue weighted by atomic mass is 79.9. The van der Waals surface area contributed by atoms with Gasteiger partial charge in [-0.2, -0.15) is 0 Å². The molecular formula is C17H27BrN2O. The van der Waals surface area contributed by atoms with Crippen LogP contribution >= 0.6 is 15.9 Å². The van der Waals surface area contributed by atoms with Crippen LogP contribution in [0.4, 0.5) is 5.69 Å². The van der Waals surface area contributed by atoms with E-state index in [2.05, 4.69) is 65.2 Å². The third-order valence-electron chi connectivity index (χ3n) is 3.94. The molecule has 1 saturated heterocycles. The van der Waals surface area contributed by atoms with E-state index in [1.54, 1.807) is 0 Å². The van der Waals surface area contributed by atoms with Gasteiger partial charge in [0.25, 0.3) is 0 Å². The standard InChI is InChI=1S/C17H27BrN2O/c1-13(2)19-10-15-9-16(18)6-7-17(15)20(3)11-14-5-4-8-21-12-14/h6-7,9,13-14,19H,4-5,8,10-12H2,1-3H3. The van der Waals surface area contributed by atoms with Crippen molar-refractivity contribution >= 4 is 21.6 Å². The number of anilines is 1. The summed E-state index contributed by atoms with van der Waals surface area (Å²) in [6, 6.07) is 7.06. The molecule has 1 N–H and O–H groups in total. The van der Waals surface area contributed by atoms with Gasteiger partial charge in [0.15, 0.2) is 0 Å². The maximum absolute atomic E-state index is 5.60. The molecule has 1 aromatic rings. The molecule has 1 fully saturated rings. The van der Waals surface area contributed by atoms with Crippen LogP contribution in [0, 0.1) is 5.92 Å². The second kappa shape index (κ2) is 8.16. The number of nitrogens with one attached hydrogen (secondary N) is 1. The Morgan fingerprint density at radius 3 is 2.90 bits per heavy atom. The number of benzene rings is 1. The van der Waals surface area contributed by atoms with Gasteiger partial charge in [-0.05, 0) is 42.5 Å². The Balaban J connectivity index is 2.05. The molecule has 1 aliphatic heterocycles. The van der Waals surface area contributed by atoms with Crippen LogP contribution in [0.3, 0.4) is 0 Å². The quantitative estimate of drug-likeness (QED) is 0.840. The van der Waals surface area contributed by atoms with Gasteiger partial charge in [0.05, 0.1) is 6.61 Å². The Bertz CT molecular complexity index is 444. The van der Waals surface area contributed by atoms with Crippen LogP contribution < -0.4 is 10.2 Å². The first-order valence-electron chi connectivity index (χ1n) is 7.87. The summed E-state index contributed by atoms with van der Waals surface area (Å²) in [5.41, 5.74) is 2.66. The van der Waals surface area contributed by atoms with Crippen LogP contribution in [-0.2, 0) is 11.3 Å². The first-order valence-corrected chi connectivity index (χ1v) is 8.66. The van der Waals surface area contributed by atoms with Crippen molar-refractivity contribution in [3.05, 3.63) is 28.2 Å². The Labute approximate surface area is 137 Å². The van der Waals surface area contributed by atoms with Crippen LogP contribution in [0.2, 0.25) is 0 Å². The van der Waals surface area contributed by atoms with Gasteiger partial charge in [0, 0.05) is 42.9 Å². The van der Waals surface area contributed by atoms with E-state index in [4.69, 9.17) is 4.74 Å². The van der Waals surface area contributed by atoms with E-state index in [9.17, 15) is 0 Å². The van der Waals surface area contributed by atoms with Gasteiger partial charge < -0.3 is 15.0 Å². The normalized spacial score (nSPS) is 19.0. The average molecular weight is 355 g/mol. The van der Waals surface area contributed by atoms with Crippen molar-refractivity contribution in [1.29, 1.82) is 0 Å². The fourth-order valence-corrected chi connectivity index (χ4v) is 3.23. The number of hydrogen-bond acceptors (Lipinski definition) is 3. The largest absolute Gasteiger partial charge is 0.381 e. The molecule has 0 radical (unpaired) electrons. The summed E-state index contributed by atoms with van der Waals surface area (Å²) in [6.07, 6.45) is 2.47. The number of hydrogen-bond donors (Lipinski definition) is 1. The van der Waals surface area contributed by atoms with Crippen molar-refractivity contribution in [3.8, 4) is 0 Å². The van der Waals surface area contributed by atoms with Crippen molar-refractivity contribution in [2.24, 2.45) is 5.92 Å². The minimum atomic E-state index is 0.494. The van der Waals surface area contributed by atoms with Crippen molar-refractivity contribution < 1.29 is 4.74 Å². The molecule has 0 aromatic heterocycles. The van der Waals surface area contributed by atoms with Gasteiger partial charge in [-0.25, -0.2) is 0 Å². The molecule has 3 nitrogen and oxygen atoms in total. The molecule has 1 atom stereocenters. The lowest BCUT2D eigenvalue weighted by Crippen LogP contribution is -2.32. The van der Waals surface area contributed by atoms with Gasteiger partial charge >= 0.3 is 0 Å².